The third-order valence-electron chi connectivity index (χ3n) is 7.03. The first-order chi connectivity index (χ1) is 16.0. The van der Waals surface area contributed by atoms with Crippen LogP contribution in [0.5, 0.6) is 0 Å². The number of hydrogen-bond donors (Lipinski definition) is 4. The highest BCUT2D eigenvalue weighted by molar-refractivity contribution is 5.94. The molecule has 8 nitrogen and oxygen atoms in total. The highest BCUT2D eigenvalue weighted by Crippen LogP contribution is 2.33. The number of para-hydroxylation sites is 1. The zero-order valence-electron chi connectivity index (χ0n) is 19.0. The van der Waals surface area contributed by atoms with Crippen LogP contribution in [-0.4, -0.2) is 67.3 Å². The zero-order valence-corrected chi connectivity index (χ0v) is 19.0. The number of aliphatic hydroxyl groups excluding tert-OH is 1. The number of aryl methyl sites for hydroxylation is 1. The van der Waals surface area contributed by atoms with Crippen molar-refractivity contribution < 1.29 is 14.3 Å². The molecule has 5 rings (SSSR count). The minimum atomic E-state index is -0.417. The highest BCUT2D eigenvalue weighted by Gasteiger charge is 2.44. The molecule has 176 valence electrons. The van der Waals surface area contributed by atoms with E-state index < -0.39 is 5.82 Å². The van der Waals surface area contributed by atoms with Gasteiger partial charge >= 0.3 is 0 Å². The van der Waals surface area contributed by atoms with Crippen LogP contribution < -0.4 is 26.2 Å². The minimum Gasteiger partial charge on any atom is -0.394 e. The molecule has 0 aromatic heterocycles. The third-order valence-corrected chi connectivity index (χ3v) is 7.03. The molecule has 3 heterocycles. The van der Waals surface area contributed by atoms with Crippen molar-refractivity contribution in [1.29, 1.82) is 0 Å². The number of hydrazine groups is 2. The van der Waals surface area contributed by atoms with Crippen molar-refractivity contribution in [1.82, 2.24) is 21.2 Å². The first kappa shape index (κ1) is 22.2. The lowest BCUT2D eigenvalue weighted by molar-refractivity contribution is -0.121. The van der Waals surface area contributed by atoms with E-state index in [-0.39, 0.29) is 48.8 Å². The number of anilines is 2. The summed E-state index contributed by atoms with van der Waals surface area (Å²) in [5.41, 5.74) is 13.0. The number of carbonyl (C=O) groups excluding carboxylic acids is 1. The van der Waals surface area contributed by atoms with E-state index in [0.29, 0.717) is 5.56 Å². The fourth-order valence-electron chi connectivity index (χ4n) is 5.22. The molecule has 0 radical (unpaired) electrons. The summed E-state index contributed by atoms with van der Waals surface area (Å²) in [5.74, 6) is -0.584. The molecule has 4 N–H and O–H groups in total. The van der Waals surface area contributed by atoms with Gasteiger partial charge in [0.1, 0.15) is 5.82 Å². The van der Waals surface area contributed by atoms with Gasteiger partial charge in [0, 0.05) is 37.8 Å². The van der Waals surface area contributed by atoms with E-state index in [1.807, 2.05) is 0 Å². The summed E-state index contributed by atoms with van der Waals surface area (Å²) in [4.78, 5) is 17.3. The van der Waals surface area contributed by atoms with Crippen molar-refractivity contribution in [3.63, 3.8) is 0 Å². The average Bonchev–Trinajstić information content (AvgIpc) is 3.21. The average molecular weight is 455 g/mol. The minimum absolute atomic E-state index is 0.0776. The van der Waals surface area contributed by atoms with Crippen molar-refractivity contribution in [3.8, 4) is 0 Å². The van der Waals surface area contributed by atoms with Crippen molar-refractivity contribution in [2.75, 3.05) is 43.2 Å². The van der Waals surface area contributed by atoms with Gasteiger partial charge in [0.2, 0.25) is 5.91 Å². The Kier molecular flexibility index (Phi) is 6.07. The van der Waals surface area contributed by atoms with Crippen LogP contribution in [0.2, 0.25) is 0 Å². The van der Waals surface area contributed by atoms with E-state index in [1.165, 1.54) is 11.1 Å². The molecule has 2 aromatic carbocycles. The van der Waals surface area contributed by atoms with Gasteiger partial charge in [-0.25, -0.2) is 20.3 Å². The molecule has 3 fully saturated rings. The second kappa shape index (κ2) is 9.00. The number of rotatable bonds is 4. The summed E-state index contributed by atoms with van der Waals surface area (Å²) in [6.45, 7) is 4.58. The van der Waals surface area contributed by atoms with Crippen LogP contribution in [0.15, 0.2) is 42.5 Å². The first-order valence-corrected chi connectivity index (χ1v) is 11.5. The van der Waals surface area contributed by atoms with Crippen LogP contribution in [0.1, 0.15) is 23.6 Å². The lowest BCUT2D eigenvalue weighted by atomic mass is 9.93. The maximum Gasteiger partial charge on any atom is 0.243 e. The summed E-state index contributed by atoms with van der Waals surface area (Å²) < 4.78 is 14.6. The molecule has 1 amide bonds. The number of piperazine rings is 1. The second-order valence-electron chi connectivity index (χ2n) is 9.25. The molecule has 9 heteroatoms. The summed E-state index contributed by atoms with van der Waals surface area (Å²) in [5, 5.41) is 11.2. The largest absolute Gasteiger partial charge is 0.394 e. The van der Waals surface area contributed by atoms with E-state index in [0.717, 1.165) is 30.9 Å². The molecule has 2 aromatic rings. The molecule has 3 aliphatic rings. The molecule has 0 aliphatic carbocycles. The standard InChI is InChI=1S/C24H31FN6O2/c1-15-4-3-5-19(25)24(15)31-21(33)12-20-23(28-31)22(27-26-20)16-6-8-17(9-7-16)30-11-10-29(2)13-18(30)14-32/h3-9,18,20,22-23,26-28,32H,10-14H2,1-2H3. The lowest BCUT2D eigenvalue weighted by Crippen LogP contribution is -2.60. The zero-order chi connectivity index (χ0) is 23.1. The highest BCUT2D eigenvalue weighted by atomic mass is 19.1. The number of benzene rings is 2. The number of nitrogens with zero attached hydrogens (tertiary/aromatic N) is 3. The van der Waals surface area contributed by atoms with Crippen LogP contribution in [0.4, 0.5) is 15.8 Å². The quantitative estimate of drug-likeness (QED) is 0.550. The molecule has 3 saturated heterocycles. The number of nitrogens with one attached hydrogen (secondary N) is 3. The maximum atomic E-state index is 14.6. The van der Waals surface area contributed by atoms with Crippen LogP contribution in [0, 0.1) is 12.7 Å². The summed E-state index contributed by atoms with van der Waals surface area (Å²) in [6, 6.07) is 12.9. The maximum absolute atomic E-state index is 14.6. The predicted molar refractivity (Wildman–Crippen MR) is 125 cm³/mol. The number of aliphatic hydroxyl groups is 1. The predicted octanol–water partition coefficient (Wildman–Crippen LogP) is 1.07. The molecule has 3 aliphatic heterocycles. The van der Waals surface area contributed by atoms with Gasteiger partial charge in [-0.1, -0.05) is 24.3 Å². The van der Waals surface area contributed by atoms with Gasteiger partial charge in [-0.05, 0) is 43.3 Å². The van der Waals surface area contributed by atoms with Crippen molar-refractivity contribution >= 4 is 17.3 Å². The topological polar surface area (TPSA) is 83.1 Å². The fourth-order valence-corrected chi connectivity index (χ4v) is 5.22. The molecule has 33 heavy (non-hydrogen) atoms. The van der Waals surface area contributed by atoms with Crippen LogP contribution in [0.3, 0.4) is 0 Å². The Hall–Kier alpha value is -2.56. The fraction of sp³-hybridized carbons (Fsp3) is 0.458. The Morgan fingerprint density at radius 1 is 1.12 bits per heavy atom. The number of hydrogen-bond acceptors (Lipinski definition) is 7. The van der Waals surface area contributed by atoms with Gasteiger partial charge in [-0.2, -0.15) is 0 Å². The lowest BCUT2D eigenvalue weighted by Gasteiger charge is -2.41. The number of likely N-dealkylation sites (N-methyl/N-ethyl adjacent to an activating group) is 1. The number of amides is 1. The number of carbonyl (C=O) groups is 1. The summed E-state index contributed by atoms with van der Waals surface area (Å²) >= 11 is 0. The molecule has 0 spiro atoms. The molecule has 0 bridgehead atoms. The molecule has 4 atom stereocenters. The van der Waals surface area contributed by atoms with Gasteiger partial charge in [0.05, 0.1) is 30.4 Å². The Morgan fingerprint density at radius 3 is 2.64 bits per heavy atom. The van der Waals surface area contributed by atoms with Gasteiger partial charge in [-0.15, -0.1) is 0 Å². The van der Waals surface area contributed by atoms with Crippen LogP contribution in [-0.2, 0) is 4.79 Å². The van der Waals surface area contributed by atoms with E-state index >= 15 is 0 Å². The van der Waals surface area contributed by atoms with Gasteiger partial charge in [0.25, 0.3) is 0 Å². The number of halogens is 1. The molecular weight excluding hydrogens is 423 g/mol. The molecule has 4 unspecified atom stereocenters. The number of fused-ring (bicyclic) bond motifs is 1. The normalized spacial score (nSPS) is 28.3. The van der Waals surface area contributed by atoms with Gasteiger partial charge in [0.15, 0.2) is 0 Å². The van der Waals surface area contributed by atoms with Crippen LogP contribution in [0.25, 0.3) is 0 Å². The SMILES string of the molecule is Cc1cccc(F)c1N1NC2C(CC1=O)NNC2c1ccc(N2CCN(C)CC2CO)cc1. The second-order valence-corrected chi connectivity index (χ2v) is 9.25. The van der Waals surface area contributed by atoms with Crippen molar-refractivity contribution in [2.45, 2.75) is 37.5 Å². The monoisotopic (exact) mass is 454 g/mol. The Balaban J connectivity index is 1.36. The third kappa shape index (κ3) is 4.11. The van der Waals surface area contributed by atoms with E-state index in [2.05, 4.69) is 57.4 Å². The van der Waals surface area contributed by atoms with Gasteiger partial charge < -0.3 is 14.9 Å². The van der Waals surface area contributed by atoms with Crippen molar-refractivity contribution in [3.05, 3.63) is 59.4 Å². The Labute approximate surface area is 193 Å². The first-order valence-electron chi connectivity index (χ1n) is 11.5. The Bertz CT molecular complexity index is 998. The van der Waals surface area contributed by atoms with E-state index in [1.54, 1.807) is 19.1 Å². The molecular formula is C24H31FN6O2. The molecule has 0 saturated carbocycles. The summed E-state index contributed by atoms with van der Waals surface area (Å²) in [7, 11) is 2.08. The summed E-state index contributed by atoms with van der Waals surface area (Å²) in [6.07, 6.45) is 0.270. The van der Waals surface area contributed by atoms with E-state index in [4.69, 9.17) is 0 Å². The van der Waals surface area contributed by atoms with Crippen molar-refractivity contribution in [2.24, 2.45) is 0 Å². The Morgan fingerprint density at radius 2 is 1.91 bits per heavy atom. The smallest absolute Gasteiger partial charge is 0.243 e. The van der Waals surface area contributed by atoms with Crippen LogP contribution >= 0.6 is 0 Å². The van der Waals surface area contributed by atoms with Gasteiger partial charge in [-0.3, -0.25) is 10.2 Å². The van der Waals surface area contributed by atoms with E-state index in [9.17, 15) is 14.3 Å².